The van der Waals surface area contributed by atoms with Crippen LogP contribution in [0.15, 0.2) is 66.7 Å². The molecule has 1 atom stereocenters. The van der Waals surface area contributed by atoms with Crippen LogP contribution in [0.3, 0.4) is 0 Å². The molecule has 3 nitrogen and oxygen atoms in total. The van der Waals surface area contributed by atoms with Gasteiger partial charge in [0, 0.05) is 21.7 Å². The Bertz CT molecular complexity index is 1040. The lowest BCUT2D eigenvalue weighted by atomic mass is 9.93. The van der Waals surface area contributed by atoms with E-state index in [4.69, 9.17) is 4.52 Å². The van der Waals surface area contributed by atoms with Crippen molar-refractivity contribution in [1.29, 1.82) is 0 Å². The largest absolute Gasteiger partial charge is 0.322 e. The van der Waals surface area contributed by atoms with Gasteiger partial charge in [-0.3, -0.25) is 9.36 Å². The third-order valence-corrected chi connectivity index (χ3v) is 7.77. The summed E-state index contributed by atoms with van der Waals surface area (Å²) in [6, 6.07) is 20.4. The summed E-state index contributed by atoms with van der Waals surface area (Å²) in [5, 5.41) is 1.27. The summed E-state index contributed by atoms with van der Waals surface area (Å²) in [6.45, 7) is 7.89. The lowest BCUT2D eigenvalue weighted by Gasteiger charge is -2.24. The topological polar surface area (TPSA) is 43.4 Å². The van der Waals surface area contributed by atoms with E-state index in [2.05, 4.69) is 0 Å². The molecular formula is C24H25O3P. The number of hydrogen-bond acceptors (Lipinski definition) is 3. The standard InChI is InChI=1S/C24H25O3P/c1-5-27-28(26,21-14-10-7-11-15-21)24-18(3)16-17(2)22(19(24)4)23(25)20-12-8-6-9-13-20/h6-16H,5H2,1-4H3. The van der Waals surface area contributed by atoms with Crippen LogP contribution in [0.5, 0.6) is 0 Å². The fourth-order valence-corrected chi connectivity index (χ4v) is 6.33. The van der Waals surface area contributed by atoms with E-state index in [1.54, 1.807) is 12.1 Å². The van der Waals surface area contributed by atoms with E-state index in [0.29, 0.717) is 28.3 Å². The maximum absolute atomic E-state index is 14.1. The number of hydrogen-bond donors (Lipinski definition) is 0. The smallest absolute Gasteiger partial charge is 0.261 e. The summed E-state index contributed by atoms with van der Waals surface area (Å²) < 4.78 is 20.0. The Morgan fingerprint density at radius 1 is 0.893 bits per heavy atom. The molecule has 0 radical (unpaired) electrons. The van der Waals surface area contributed by atoms with Crippen LogP contribution in [-0.4, -0.2) is 12.4 Å². The second-order valence-corrected chi connectivity index (χ2v) is 9.18. The Morgan fingerprint density at radius 2 is 1.46 bits per heavy atom. The van der Waals surface area contributed by atoms with Gasteiger partial charge in [0.15, 0.2) is 5.78 Å². The van der Waals surface area contributed by atoms with Crippen molar-refractivity contribution in [2.45, 2.75) is 27.7 Å². The molecule has 0 aliphatic heterocycles. The molecule has 1 unspecified atom stereocenters. The summed E-state index contributed by atoms with van der Waals surface area (Å²) in [6.07, 6.45) is 0. The SMILES string of the molecule is CCOP(=O)(c1ccccc1)c1c(C)cc(C)c(C(=O)c2ccccc2)c1C. The highest BCUT2D eigenvalue weighted by Gasteiger charge is 2.34. The molecule has 0 aliphatic carbocycles. The molecule has 144 valence electrons. The van der Waals surface area contributed by atoms with Gasteiger partial charge in [-0.2, -0.15) is 0 Å². The maximum Gasteiger partial charge on any atom is 0.261 e. The van der Waals surface area contributed by atoms with E-state index in [9.17, 15) is 9.36 Å². The average molecular weight is 392 g/mol. The van der Waals surface area contributed by atoms with Crippen LogP contribution >= 0.6 is 7.37 Å². The van der Waals surface area contributed by atoms with Crippen LogP contribution in [0.4, 0.5) is 0 Å². The number of rotatable bonds is 6. The van der Waals surface area contributed by atoms with Gasteiger partial charge in [0.05, 0.1) is 6.61 Å². The minimum Gasteiger partial charge on any atom is -0.322 e. The lowest BCUT2D eigenvalue weighted by Crippen LogP contribution is -2.25. The molecule has 28 heavy (non-hydrogen) atoms. The van der Waals surface area contributed by atoms with E-state index in [1.807, 2.05) is 82.3 Å². The molecule has 0 spiro atoms. The highest BCUT2D eigenvalue weighted by molar-refractivity contribution is 7.74. The summed E-state index contributed by atoms with van der Waals surface area (Å²) in [5.41, 5.74) is 3.70. The first kappa shape index (κ1) is 20.3. The van der Waals surface area contributed by atoms with Crippen molar-refractivity contribution in [3.8, 4) is 0 Å². The van der Waals surface area contributed by atoms with Crippen molar-refractivity contribution in [2.75, 3.05) is 6.61 Å². The van der Waals surface area contributed by atoms with Crippen LogP contribution in [0.2, 0.25) is 0 Å². The number of benzene rings is 3. The fourth-order valence-electron chi connectivity index (χ4n) is 3.79. The van der Waals surface area contributed by atoms with E-state index in [-0.39, 0.29) is 5.78 Å². The van der Waals surface area contributed by atoms with Gasteiger partial charge in [-0.05, 0) is 56.5 Å². The minimum absolute atomic E-state index is 0.0621. The van der Waals surface area contributed by atoms with Crippen LogP contribution in [0, 0.1) is 20.8 Å². The number of carbonyl (C=O) groups is 1. The first-order valence-corrected chi connectivity index (χ1v) is 11.0. The predicted octanol–water partition coefficient (Wildman–Crippen LogP) is 5.11. The van der Waals surface area contributed by atoms with Crippen LogP contribution in [0.25, 0.3) is 0 Å². The van der Waals surface area contributed by atoms with E-state index >= 15 is 0 Å². The second kappa shape index (κ2) is 8.26. The molecule has 3 aromatic rings. The first-order valence-electron chi connectivity index (χ1n) is 9.41. The van der Waals surface area contributed by atoms with Gasteiger partial charge < -0.3 is 4.52 Å². The third-order valence-electron chi connectivity index (χ3n) is 4.90. The second-order valence-electron chi connectivity index (χ2n) is 6.86. The Hall–Kier alpha value is -2.48. The van der Waals surface area contributed by atoms with Crippen LogP contribution < -0.4 is 10.6 Å². The van der Waals surface area contributed by atoms with E-state index in [1.165, 1.54) is 0 Å². The quantitative estimate of drug-likeness (QED) is 0.433. The van der Waals surface area contributed by atoms with Crippen molar-refractivity contribution in [1.82, 2.24) is 0 Å². The summed E-state index contributed by atoms with van der Waals surface area (Å²) in [4.78, 5) is 13.2. The number of aryl methyl sites for hydroxylation is 2. The summed E-state index contributed by atoms with van der Waals surface area (Å²) in [7, 11) is -3.33. The molecule has 4 heteroatoms. The molecule has 3 rings (SSSR count). The average Bonchev–Trinajstić information content (AvgIpc) is 2.69. The van der Waals surface area contributed by atoms with Crippen molar-refractivity contribution in [3.05, 3.63) is 94.5 Å². The number of carbonyl (C=O) groups excluding carboxylic acids is 1. The van der Waals surface area contributed by atoms with Crippen molar-refractivity contribution < 1.29 is 13.9 Å². The number of ketones is 1. The normalized spacial score (nSPS) is 13.1. The minimum atomic E-state index is -3.33. The van der Waals surface area contributed by atoms with Gasteiger partial charge >= 0.3 is 0 Å². The molecule has 0 saturated carbocycles. The Morgan fingerprint density at radius 3 is 2.04 bits per heavy atom. The maximum atomic E-state index is 14.1. The molecule has 0 fully saturated rings. The van der Waals surface area contributed by atoms with Gasteiger partial charge in [-0.15, -0.1) is 0 Å². The molecule has 0 aromatic heterocycles. The van der Waals surface area contributed by atoms with Gasteiger partial charge in [-0.25, -0.2) is 0 Å². The molecule has 0 heterocycles. The van der Waals surface area contributed by atoms with E-state index in [0.717, 1.165) is 16.7 Å². The zero-order valence-electron chi connectivity index (χ0n) is 16.7. The van der Waals surface area contributed by atoms with Crippen molar-refractivity contribution in [2.24, 2.45) is 0 Å². The van der Waals surface area contributed by atoms with Crippen LogP contribution in [0.1, 0.15) is 39.5 Å². The fraction of sp³-hybridized carbons (Fsp3) is 0.208. The summed E-state index contributed by atoms with van der Waals surface area (Å²) in [5.74, 6) is -0.0621. The summed E-state index contributed by atoms with van der Waals surface area (Å²) >= 11 is 0. The van der Waals surface area contributed by atoms with E-state index < -0.39 is 7.37 Å². The van der Waals surface area contributed by atoms with Gasteiger partial charge in [0.25, 0.3) is 7.37 Å². The lowest BCUT2D eigenvalue weighted by molar-refractivity contribution is 0.103. The Labute approximate surface area is 166 Å². The molecule has 0 amide bonds. The third kappa shape index (κ3) is 3.61. The Balaban J connectivity index is 2.27. The van der Waals surface area contributed by atoms with Gasteiger partial charge in [0.1, 0.15) is 0 Å². The van der Waals surface area contributed by atoms with Crippen molar-refractivity contribution >= 4 is 23.8 Å². The van der Waals surface area contributed by atoms with Crippen molar-refractivity contribution in [3.63, 3.8) is 0 Å². The first-order chi connectivity index (χ1) is 13.4. The highest BCUT2D eigenvalue weighted by atomic mass is 31.2. The van der Waals surface area contributed by atoms with Gasteiger partial charge in [0.2, 0.25) is 0 Å². The molecule has 0 saturated heterocycles. The molecule has 0 N–H and O–H groups in total. The zero-order valence-corrected chi connectivity index (χ0v) is 17.6. The zero-order chi connectivity index (χ0) is 20.3. The highest BCUT2D eigenvalue weighted by Crippen LogP contribution is 2.47. The molecule has 0 bridgehead atoms. The van der Waals surface area contributed by atoms with Gasteiger partial charge in [-0.1, -0.05) is 54.6 Å². The molecule has 0 aliphatic rings. The molecule has 3 aromatic carbocycles. The van der Waals surface area contributed by atoms with Crippen LogP contribution in [-0.2, 0) is 9.09 Å². The monoisotopic (exact) mass is 392 g/mol. The molecular weight excluding hydrogens is 367 g/mol. The Kier molecular flexibility index (Phi) is 5.98. The predicted molar refractivity (Wildman–Crippen MR) is 115 cm³/mol.